The normalized spacial score (nSPS) is 22.3. The minimum atomic E-state index is -1.46. The second-order valence-electron chi connectivity index (χ2n) is 13.3. The van der Waals surface area contributed by atoms with Crippen molar-refractivity contribution in [1.29, 1.82) is 0 Å². The van der Waals surface area contributed by atoms with Crippen LogP contribution < -0.4 is 40.8 Å². The SMILES string of the molecule is COc1cccc(OC)c1C(=O)N[C@H]1Cc2ccc(cc2)OC[C@H](Cc2ccccc2)NC(=O)[C@@H](C(C)C)NC(=O)[C@H]([C@@H](C)O)NC(=O)[C@@H](C)NC1=O. The minimum absolute atomic E-state index is 0.0195. The van der Waals surface area contributed by atoms with Crippen molar-refractivity contribution in [2.75, 3.05) is 20.8 Å². The van der Waals surface area contributed by atoms with E-state index in [2.05, 4.69) is 26.6 Å². The summed E-state index contributed by atoms with van der Waals surface area (Å²) in [5.74, 6) is -2.78. The topological polar surface area (TPSA) is 193 Å². The lowest BCUT2D eigenvalue weighted by Crippen LogP contribution is -2.61. The van der Waals surface area contributed by atoms with Gasteiger partial charge in [0.2, 0.25) is 23.6 Å². The zero-order valence-electron chi connectivity index (χ0n) is 30.8. The molecule has 0 fully saturated rings. The highest BCUT2D eigenvalue weighted by atomic mass is 16.5. The molecule has 0 radical (unpaired) electrons. The van der Waals surface area contributed by atoms with Gasteiger partial charge in [-0.3, -0.25) is 24.0 Å². The van der Waals surface area contributed by atoms with Crippen molar-refractivity contribution in [2.45, 2.75) is 76.8 Å². The Morgan fingerprint density at radius 1 is 0.792 bits per heavy atom. The number of aliphatic hydroxyl groups excluding tert-OH is 1. The largest absolute Gasteiger partial charge is 0.496 e. The van der Waals surface area contributed by atoms with Crippen molar-refractivity contribution in [1.82, 2.24) is 26.6 Å². The van der Waals surface area contributed by atoms with E-state index in [1.165, 1.54) is 28.1 Å². The van der Waals surface area contributed by atoms with Gasteiger partial charge < -0.3 is 45.9 Å². The molecular weight excluding hydrogens is 682 g/mol. The highest BCUT2D eigenvalue weighted by molar-refractivity contribution is 6.02. The molecule has 3 aromatic carbocycles. The molecule has 14 nitrogen and oxygen atoms in total. The third-order valence-corrected chi connectivity index (χ3v) is 8.82. The van der Waals surface area contributed by atoms with E-state index < -0.39 is 65.8 Å². The Morgan fingerprint density at radius 2 is 1.40 bits per heavy atom. The quantitative estimate of drug-likeness (QED) is 0.187. The van der Waals surface area contributed by atoms with Gasteiger partial charge in [-0.1, -0.05) is 62.4 Å². The molecule has 0 aromatic heterocycles. The van der Waals surface area contributed by atoms with Gasteiger partial charge in [-0.2, -0.15) is 0 Å². The van der Waals surface area contributed by atoms with Crippen molar-refractivity contribution in [2.24, 2.45) is 5.92 Å². The number of hydrogen-bond donors (Lipinski definition) is 6. The highest BCUT2D eigenvalue weighted by Gasteiger charge is 2.34. The van der Waals surface area contributed by atoms with Crippen LogP contribution in [0.4, 0.5) is 0 Å². The van der Waals surface area contributed by atoms with E-state index >= 15 is 0 Å². The smallest absolute Gasteiger partial charge is 0.259 e. The fourth-order valence-electron chi connectivity index (χ4n) is 5.85. The monoisotopic (exact) mass is 731 g/mol. The molecule has 0 saturated heterocycles. The molecule has 14 heteroatoms. The molecule has 0 aliphatic carbocycles. The molecule has 5 rings (SSSR count). The van der Waals surface area contributed by atoms with E-state index in [0.717, 1.165) is 5.56 Å². The van der Waals surface area contributed by atoms with Crippen LogP contribution in [0.25, 0.3) is 0 Å². The fraction of sp³-hybridized carbons (Fsp3) is 0.410. The Balaban J connectivity index is 1.69. The van der Waals surface area contributed by atoms with Gasteiger partial charge >= 0.3 is 0 Å². The van der Waals surface area contributed by atoms with Crippen molar-refractivity contribution in [3.63, 3.8) is 0 Å². The van der Waals surface area contributed by atoms with Gasteiger partial charge in [-0.05, 0) is 61.6 Å². The van der Waals surface area contributed by atoms with Crippen LogP contribution in [-0.2, 0) is 32.0 Å². The maximum Gasteiger partial charge on any atom is 0.259 e. The number of hydrogen-bond acceptors (Lipinski definition) is 9. The van der Waals surface area contributed by atoms with E-state index in [4.69, 9.17) is 14.2 Å². The molecule has 2 aliphatic rings. The highest BCUT2D eigenvalue weighted by Crippen LogP contribution is 2.28. The van der Waals surface area contributed by atoms with Crippen molar-refractivity contribution in [3.05, 3.63) is 89.5 Å². The summed E-state index contributed by atoms with van der Waals surface area (Å²) >= 11 is 0. The molecule has 0 unspecified atom stereocenters. The molecule has 5 amide bonds. The second-order valence-corrected chi connectivity index (χ2v) is 13.3. The Bertz CT molecular complexity index is 1710. The molecular formula is C39H49N5O9. The number of methoxy groups -OCH3 is 2. The van der Waals surface area contributed by atoms with Gasteiger partial charge in [-0.15, -0.1) is 0 Å². The van der Waals surface area contributed by atoms with E-state index in [-0.39, 0.29) is 36.0 Å². The zero-order valence-corrected chi connectivity index (χ0v) is 30.8. The van der Waals surface area contributed by atoms with Crippen LogP contribution in [0.1, 0.15) is 49.2 Å². The molecule has 6 atom stereocenters. The van der Waals surface area contributed by atoms with Crippen LogP contribution in [0, 0.1) is 5.92 Å². The lowest BCUT2D eigenvalue weighted by molar-refractivity contribution is -0.136. The lowest BCUT2D eigenvalue weighted by Gasteiger charge is -2.29. The number of nitrogens with one attached hydrogen (secondary N) is 5. The Kier molecular flexibility index (Phi) is 14.2. The second kappa shape index (κ2) is 18.7. The average Bonchev–Trinajstić information content (AvgIpc) is 3.14. The fourth-order valence-corrected chi connectivity index (χ4v) is 5.85. The number of amides is 5. The Morgan fingerprint density at radius 3 is 1.98 bits per heavy atom. The lowest BCUT2D eigenvalue weighted by atomic mass is 10.0. The van der Waals surface area contributed by atoms with Crippen LogP contribution in [0.2, 0.25) is 0 Å². The minimum Gasteiger partial charge on any atom is -0.496 e. The summed E-state index contributed by atoms with van der Waals surface area (Å²) in [7, 11) is 2.81. The van der Waals surface area contributed by atoms with Gasteiger partial charge in [0, 0.05) is 6.42 Å². The number of rotatable bonds is 8. The van der Waals surface area contributed by atoms with Crippen molar-refractivity contribution in [3.8, 4) is 17.2 Å². The Hall–Kier alpha value is -5.63. The van der Waals surface area contributed by atoms with Gasteiger partial charge in [0.05, 0.1) is 26.4 Å². The number of carbonyl (C=O) groups is 5. The molecule has 2 aliphatic heterocycles. The summed E-state index contributed by atoms with van der Waals surface area (Å²) in [5, 5.41) is 24.1. The van der Waals surface area contributed by atoms with E-state index in [0.29, 0.717) is 17.7 Å². The average molecular weight is 732 g/mol. The summed E-state index contributed by atoms with van der Waals surface area (Å²) < 4.78 is 16.9. The number of fused-ring (bicyclic) bond motifs is 17. The van der Waals surface area contributed by atoms with Gasteiger partial charge in [0.25, 0.3) is 5.91 Å². The molecule has 284 valence electrons. The molecule has 2 heterocycles. The van der Waals surface area contributed by atoms with Crippen LogP contribution in [0.3, 0.4) is 0 Å². The number of carbonyl (C=O) groups excluding carboxylic acids is 5. The maximum absolute atomic E-state index is 13.8. The van der Waals surface area contributed by atoms with Crippen LogP contribution in [-0.4, -0.2) is 91.8 Å². The first-order chi connectivity index (χ1) is 25.3. The number of benzene rings is 3. The van der Waals surface area contributed by atoms with E-state index in [9.17, 15) is 29.1 Å². The van der Waals surface area contributed by atoms with Gasteiger partial charge in [-0.25, -0.2) is 0 Å². The number of aliphatic hydroxyl groups is 1. The summed E-state index contributed by atoms with van der Waals surface area (Å²) in [6.07, 6.45) is -0.910. The summed E-state index contributed by atoms with van der Waals surface area (Å²) in [4.78, 5) is 68.0. The summed E-state index contributed by atoms with van der Waals surface area (Å²) in [6, 6.07) is 16.0. The van der Waals surface area contributed by atoms with Gasteiger partial charge in [0.15, 0.2) is 0 Å². The maximum atomic E-state index is 13.8. The standard InChI is InChI=1S/C39H49N5O9/c1-22(2)33-38(49)41-27(19-25-11-8-7-9-12-25)21-53-28-17-15-26(16-18-28)20-29(42-37(48)32-30(51-5)13-10-14-31(32)52-6)36(47)40-23(3)35(46)44-34(24(4)45)39(50)43-33/h7-18,22-24,27,29,33-34,45H,19-21H2,1-6H3,(H,40,47)(H,41,49)(H,42,48)(H,43,50)(H,44,46)/t23-,24-,27+,29+,33-,34+/m1/s1. The molecule has 6 N–H and O–H groups in total. The molecule has 0 saturated carbocycles. The molecule has 3 aromatic rings. The molecule has 2 bridgehead atoms. The summed E-state index contributed by atoms with van der Waals surface area (Å²) in [5.41, 5.74) is 1.70. The Labute approximate surface area is 309 Å². The van der Waals surface area contributed by atoms with E-state index in [1.807, 2.05) is 30.3 Å². The van der Waals surface area contributed by atoms with Crippen LogP contribution >= 0.6 is 0 Å². The van der Waals surface area contributed by atoms with Crippen LogP contribution in [0.5, 0.6) is 17.2 Å². The first-order valence-corrected chi connectivity index (χ1v) is 17.5. The summed E-state index contributed by atoms with van der Waals surface area (Å²) in [6.45, 7) is 6.35. The third-order valence-electron chi connectivity index (χ3n) is 8.82. The van der Waals surface area contributed by atoms with E-state index in [1.54, 1.807) is 56.3 Å². The number of ether oxygens (including phenoxy) is 3. The van der Waals surface area contributed by atoms with Crippen molar-refractivity contribution >= 4 is 29.5 Å². The molecule has 0 spiro atoms. The zero-order chi connectivity index (χ0) is 38.7. The predicted octanol–water partition coefficient (Wildman–Crippen LogP) is 1.68. The van der Waals surface area contributed by atoms with Gasteiger partial charge in [0.1, 0.15) is 53.6 Å². The van der Waals surface area contributed by atoms with Crippen molar-refractivity contribution < 1.29 is 43.3 Å². The van der Waals surface area contributed by atoms with Crippen LogP contribution in [0.15, 0.2) is 72.8 Å². The predicted molar refractivity (Wildman–Crippen MR) is 197 cm³/mol. The first-order valence-electron chi connectivity index (χ1n) is 17.5. The third kappa shape index (κ3) is 10.9. The first kappa shape index (κ1) is 40.1. The molecule has 53 heavy (non-hydrogen) atoms.